The van der Waals surface area contributed by atoms with Crippen LogP contribution in [-0.2, 0) is 6.42 Å². The summed E-state index contributed by atoms with van der Waals surface area (Å²) in [5.41, 5.74) is 9.19. The number of carbonyl (C=O) groups excluding carboxylic acids is 1. The van der Waals surface area contributed by atoms with E-state index in [0.717, 1.165) is 30.1 Å². The van der Waals surface area contributed by atoms with Crippen LogP contribution in [0.5, 0.6) is 0 Å². The van der Waals surface area contributed by atoms with Gasteiger partial charge in [0.1, 0.15) is 0 Å². The van der Waals surface area contributed by atoms with E-state index in [1.54, 1.807) is 12.1 Å². The normalized spacial score (nSPS) is 18.2. The van der Waals surface area contributed by atoms with Gasteiger partial charge in [-0.15, -0.1) is 0 Å². The summed E-state index contributed by atoms with van der Waals surface area (Å²) in [6.45, 7) is 4.68. The van der Waals surface area contributed by atoms with Crippen LogP contribution >= 0.6 is 0 Å². The Bertz CT molecular complexity index is 678. The van der Waals surface area contributed by atoms with E-state index in [1.165, 1.54) is 24.9 Å². The minimum absolute atomic E-state index is 0.426. The Morgan fingerprint density at radius 1 is 1.26 bits per heavy atom. The van der Waals surface area contributed by atoms with Crippen LogP contribution in [0.15, 0.2) is 42.5 Å². The molecule has 0 spiro atoms. The van der Waals surface area contributed by atoms with E-state index >= 15 is 0 Å². The quantitative estimate of drug-likeness (QED) is 0.921. The molecule has 2 aromatic rings. The van der Waals surface area contributed by atoms with Crippen LogP contribution in [0.3, 0.4) is 0 Å². The summed E-state index contributed by atoms with van der Waals surface area (Å²) in [7, 11) is 0. The zero-order valence-corrected chi connectivity index (χ0v) is 13.6. The molecular formula is C20H23N2O. The molecule has 1 fully saturated rings. The highest BCUT2D eigenvalue weighted by atomic mass is 16.1. The second kappa shape index (κ2) is 6.97. The third-order valence-corrected chi connectivity index (χ3v) is 4.73. The number of nitrogens with zero attached hydrogens (tertiary/aromatic N) is 1. The molecule has 0 bridgehead atoms. The molecule has 3 rings (SSSR count). The van der Waals surface area contributed by atoms with E-state index in [1.807, 2.05) is 6.07 Å². The number of benzene rings is 2. The Labute approximate surface area is 138 Å². The van der Waals surface area contributed by atoms with Crippen molar-refractivity contribution in [2.45, 2.75) is 32.2 Å². The van der Waals surface area contributed by atoms with Gasteiger partial charge in [-0.05, 0) is 61.6 Å². The highest BCUT2D eigenvalue weighted by molar-refractivity contribution is 5.93. The monoisotopic (exact) mass is 307 g/mol. The van der Waals surface area contributed by atoms with Crippen LogP contribution in [0.25, 0.3) is 11.1 Å². The first-order chi connectivity index (χ1) is 11.1. The van der Waals surface area contributed by atoms with Crippen molar-refractivity contribution in [3.8, 4) is 11.1 Å². The van der Waals surface area contributed by atoms with E-state index in [-0.39, 0.29) is 0 Å². The van der Waals surface area contributed by atoms with Crippen LogP contribution in [0.4, 0.5) is 0 Å². The molecule has 2 aromatic carbocycles. The number of hydrogen-bond donors (Lipinski definition) is 1. The summed E-state index contributed by atoms with van der Waals surface area (Å²) in [6.07, 6.45) is 3.74. The highest BCUT2D eigenvalue weighted by Gasteiger charge is 2.19. The van der Waals surface area contributed by atoms with Crippen LogP contribution in [-0.4, -0.2) is 29.9 Å². The Morgan fingerprint density at radius 2 is 2.04 bits per heavy atom. The fraction of sp³-hybridized carbons (Fsp3) is 0.350. The van der Waals surface area contributed by atoms with Crippen LogP contribution in [0.2, 0.25) is 0 Å². The molecule has 1 heterocycles. The van der Waals surface area contributed by atoms with Crippen molar-refractivity contribution in [2.24, 2.45) is 5.73 Å². The number of amides is 1. The molecule has 1 saturated heterocycles. The molecule has 0 aromatic heterocycles. The van der Waals surface area contributed by atoms with E-state index in [4.69, 9.17) is 5.73 Å². The summed E-state index contributed by atoms with van der Waals surface area (Å²) in [6, 6.07) is 17.7. The minimum Gasteiger partial charge on any atom is -0.366 e. The van der Waals surface area contributed by atoms with Gasteiger partial charge in [0, 0.05) is 18.2 Å². The van der Waals surface area contributed by atoms with Gasteiger partial charge in [-0.25, -0.2) is 0 Å². The molecule has 1 radical (unpaired) electrons. The Balaban J connectivity index is 1.67. The maximum absolute atomic E-state index is 11.3. The molecule has 2 N–H and O–H groups in total. The predicted molar refractivity (Wildman–Crippen MR) is 93.2 cm³/mol. The molecule has 0 aliphatic carbocycles. The zero-order valence-electron chi connectivity index (χ0n) is 13.6. The molecule has 0 saturated carbocycles. The molecule has 0 unspecified atom stereocenters. The summed E-state index contributed by atoms with van der Waals surface area (Å²) >= 11 is 0. The molecule has 3 nitrogen and oxygen atoms in total. The molecule has 119 valence electrons. The Kier molecular flexibility index (Phi) is 4.77. The average Bonchev–Trinajstić information content (AvgIpc) is 2.98. The third kappa shape index (κ3) is 3.80. The standard InChI is InChI=1S/C20H23N2O/c1-15-4-3-12-22(15)13-11-16-7-9-17(10-8-16)18-5-2-6-19(14-18)20(21)23/h2,5,7-10,14-15H,3-4,11-13H2,1H3,(H2,21,23)/t15-/m1/s1. The van der Waals surface area contributed by atoms with Crippen LogP contribution in [0.1, 0.15) is 35.7 Å². The number of nitrogens with two attached hydrogens (primary N) is 1. The minimum atomic E-state index is -0.441. The van der Waals surface area contributed by atoms with Gasteiger partial charge in [-0.3, -0.25) is 4.79 Å². The number of hydrogen-bond acceptors (Lipinski definition) is 2. The summed E-state index contributed by atoms with van der Waals surface area (Å²) in [5.74, 6) is -0.441. The van der Waals surface area contributed by atoms with Crippen molar-refractivity contribution in [1.82, 2.24) is 4.90 Å². The van der Waals surface area contributed by atoms with Crippen molar-refractivity contribution in [3.63, 3.8) is 0 Å². The van der Waals surface area contributed by atoms with Gasteiger partial charge in [0.05, 0.1) is 0 Å². The third-order valence-electron chi connectivity index (χ3n) is 4.73. The molecule has 1 amide bonds. The van der Waals surface area contributed by atoms with Gasteiger partial charge < -0.3 is 10.6 Å². The van der Waals surface area contributed by atoms with Crippen molar-refractivity contribution in [2.75, 3.05) is 13.1 Å². The summed E-state index contributed by atoms with van der Waals surface area (Å²) in [5, 5.41) is 0. The summed E-state index contributed by atoms with van der Waals surface area (Å²) in [4.78, 5) is 13.8. The van der Waals surface area contributed by atoms with Gasteiger partial charge in [-0.2, -0.15) is 0 Å². The van der Waals surface area contributed by atoms with E-state index in [9.17, 15) is 4.79 Å². The lowest BCUT2D eigenvalue weighted by molar-refractivity contribution is 0.1000. The molecule has 1 atom stereocenters. The first kappa shape index (κ1) is 15.8. The smallest absolute Gasteiger partial charge is 0.249 e. The van der Waals surface area contributed by atoms with Crippen molar-refractivity contribution < 1.29 is 4.79 Å². The van der Waals surface area contributed by atoms with E-state index in [2.05, 4.69) is 42.2 Å². The Morgan fingerprint density at radius 3 is 2.70 bits per heavy atom. The fourth-order valence-corrected chi connectivity index (χ4v) is 3.25. The van der Waals surface area contributed by atoms with Crippen LogP contribution < -0.4 is 5.73 Å². The van der Waals surface area contributed by atoms with Gasteiger partial charge in [-0.1, -0.05) is 36.4 Å². The van der Waals surface area contributed by atoms with Crippen molar-refractivity contribution >= 4 is 5.91 Å². The number of likely N-dealkylation sites (tertiary alicyclic amines) is 1. The highest BCUT2D eigenvalue weighted by Crippen LogP contribution is 2.22. The van der Waals surface area contributed by atoms with Crippen molar-refractivity contribution in [1.29, 1.82) is 0 Å². The van der Waals surface area contributed by atoms with Crippen molar-refractivity contribution in [3.05, 3.63) is 59.7 Å². The lowest BCUT2D eigenvalue weighted by atomic mass is 10.0. The fourth-order valence-electron chi connectivity index (χ4n) is 3.25. The number of primary amides is 1. The average molecular weight is 307 g/mol. The first-order valence-electron chi connectivity index (χ1n) is 8.28. The topological polar surface area (TPSA) is 46.3 Å². The van der Waals surface area contributed by atoms with Gasteiger partial charge in [0.2, 0.25) is 5.91 Å². The zero-order chi connectivity index (χ0) is 16.2. The van der Waals surface area contributed by atoms with Gasteiger partial charge in [0.25, 0.3) is 0 Å². The predicted octanol–water partition coefficient (Wildman–Crippen LogP) is 3.28. The summed E-state index contributed by atoms with van der Waals surface area (Å²) < 4.78 is 0. The second-order valence-electron chi connectivity index (χ2n) is 6.33. The molecule has 1 aliphatic heterocycles. The Hall–Kier alpha value is -2.13. The lowest BCUT2D eigenvalue weighted by Gasteiger charge is -2.20. The lowest BCUT2D eigenvalue weighted by Crippen LogP contribution is -2.28. The maximum atomic E-state index is 11.3. The first-order valence-corrected chi connectivity index (χ1v) is 8.28. The molecular weight excluding hydrogens is 284 g/mol. The second-order valence-corrected chi connectivity index (χ2v) is 6.33. The maximum Gasteiger partial charge on any atom is 0.249 e. The van der Waals surface area contributed by atoms with Gasteiger partial charge in [0.15, 0.2) is 0 Å². The van der Waals surface area contributed by atoms with E-state index in [0.29, 0.717) is 5.56 Å². The number of carbonyl (C=O) groups is 1. The molecule has 1 aliphatic rings. The molecule has 23 heavy (non-hydrogen) atoms. The van der Waals surface area contributed by atoms with E-state index < -0.39 is 5.91 Å². The largest absolute Gasteiger partial charge is 0.366 e. The SMILES string of the molecule is C[C@@H]1CCCN1CCc1ccc(-c2cc[c]c(C(N)=O)c2)cc1. The molecule has 3 heteroatoms. The number of rotatable bonds is 5. The van der Waals surface area contributed by atoms with Crippen LogP contribution in [0, 0.1) is 6.07 Å². The van der Waals surface area contributed by atoms with Gasteiger partial charge >= 0.3 is 0 Å².